The number of rotatable bonds is 5. The number of aryl methyl sites for hydroxylation is 1. The molecule has 2 heterocycles. The van der Waals surface area contributed by atoms with Crippen LogP contribution in [0.5, 0.6) is 0 Å². The number of nitrogens with two attached hydrogens (primary N) is 1. The summed E-state index contributed by atoms with van der Waals surface area (Å²) in [5, 5.41) is 3.25. The van der Waals surface area contributed by atoms with Gasteiger partial charge >= 0.3 is 0 Å². The highest BCUT2D eigenvalue weighted by atomic mass is 32.1. The van der Waals surface area contributed by atoms with Crippen molar-refractivity contribution >= 4 is 11.3 Å². The quantitative estimate of drug-likeness (QED) is 0.859. The van der Waals surface area contributed by atoms with Gasteiger partial charge in [0.25, 0.3) is 0 Å². The van der Waals surface area contributed by atoms with Gasteiger partial charge in [-0.1, -0.05) is 6.07 Å². The molecule has 0 spiro atoms. The zero-order valence-electron chi connectivity index (χ0n) is 9.10. The van der Waals surface area contributed by atoms with Gasteiger partial charge in [0.1, 0.15) is 0 Å². The highest BCUT2D eigenvalue weighted by molar-refractivity contribution is 7.09. The number of thiazole rings is 1. The van der Waals surface area contributed by atoms with E-state index in [0.717, 1.165) is 42.2 Å². The van der Waals surface area contributed by atoms with Crippen LogP contribution in [0.2, 0.25) is 0 Å². The Labute approximate surface area is 99.4 Å². The van der Waals surface area contributed by atoms with E-state index >= 15 is 0 Å². The van der Waals surface area contributed by atoms with Gasteiger partial charge in [-0.15, -0.1) is 11.3 Å². The van der Waals surface area contributed by atoms with Crippen LogP contribution < -0.4 is 5.73 Å². The van der Waals surface area contributed by atoms with Gasteiger partial charge in [-0.2, -0.15) is 0 Å². The molecule has 0 bridgehead atoms. The molecule has 0 aliphatic heterocycles. The third-order valence-corrected chi connectivity index (χ3v) is 3.19. The lowest BCUT2D eigenvalue weighted by molar-refractivity contribution is 0.811. The van der Waals surface area contributed by atoms with E-state index in [2.05, 4.69) is 15.3 Å². The van der Waals surface area contributed by atoms with Crippen molar-refractivity contribution in [3.05, 3.63) is 46.2 Å². The van der Waals surface area contributed by atoms with E-state index in [1.54, 1.807) is 11.3 Å². The van der Waals surface area contributed by atoms with E-state index in [-0.39, 0.29) is 0 Å². The SMILES string of the molecule is NCCCc1csc(Cc2ccccn2)n1. The summed E-state index contributed by atoms with van der Waals surface area (Å²) in [6, 6.07) is 5.96. The summed E-state index contributed by atoms with van der Waals surface area (Å²) in [6.45, 7) is 0.729. The lowest BCUT2D eigenvalue weighted by atomic mass is 10.2. The van der Waals surface area contributed by atoms with Gasteiger partial charge < -0.3 is 5.73 Å². The maximum atomic E-state index is 5.47. The van der Waals surface area contributed by atoms with Crippen molar-refractivity contribution in [3.63, 3.8) is 0 Å². The van der Waals surface area contributed by atoms with Gasteiger partial charge in [0.05, 0.1) is 10.7 Å². The Kier molecular flexibility index (Phi) is 4.02. The number of nitrogens with zero attached hydrogens (tertiary/aromatic N) is 2. The van der Waals surface area contributed by atoms with Crippen LogP contribution >= 0.6 is 11.3 Å². The summed E-state index contributed by atoms with van der Waals surface area (Å²) in [4.78, 5) is 8.86. The molecule has 0 radical (unpaired) electrons. The first-order valence-electron chi connectivity index (χ1n) is 5.42. The molecule has 2 rings (SSSR count). The van der Waals surface area contributed by atoms with Crippen molar-refractivity contribution in [1.82, 2.24) is 9.97 Å². The van der Waals surface area contributed by atoms with Gasteiger partial charge in [0, 0.05) is 23.7 Å². The fourth-order valence-electron chi connectivity index (χ4n) is 1.49. The molecule has 3 nitrogen and oxygen atoms in total. The van der Waals surface area contributed by atoms with E-state index in [0.29, 0.717) is 0 Å². The largest absolute Gasteiger partial charge is 0.330 e. The molecule has 0 aromatic carbocycles. The van der Waals surface area contributed by atoms with E-state index in [9.17, 15) is 0 Å². The third-order valence-electron chi connectivity index (χ3n) is 2.29. The maximum absolute atomic E-state index is 5.47. The Bertz CT molecular complexity index is 425. The molecule has 84 valence electrons. The first-order valence-corrected chi connectivity index (χ1v) is 6.29. The summed E-state index contributed by atoms with van der Waals surface area (Å²) in [5.41, 5.74) is 7.70. The minimum atomic E-state index is 0.729. The van der Waals surface area contributed by atoms with Gasteiger partial charge in [0.2, 0.25) is 0 Å². The van der Waals surface area contributed by atoms with E-state index < -0.39 is 0 Å². The monoisotopic (exact) mass is 233 g/mol. The molecular weight excluding hydrogens is 218 g/mol. The third kappa shape index (κ3) is 3.12. The standard InChI is InChI=1S/C12H15N3S/c13-6-3-5-11-9-16-12(15-11)8-10-4-1-2-7-14-10/h1-2,4,7,9H,3,5-6,8,13H2. The molecule has 2 aromatic heterocycles. The highest BCUT2D eigenvalue weighted by Gasteiger charge is 2.03. The number of hydrogen-bond donors (Lipinski definition) is 1. The fourth-order valence-corrected chi connectivity index (χ4v) is 2.33. The summed E-state index contributed by atoms with van der Waals surface area (Å²) < 4.78 is 0. The topological polar surface area (TPSA) is 51.8 Å². The summed E-state index contributed by atoms with van der Waals surface area (Å²) in [5.74, 6) is 0. The van der Waals surface area contributed by atoms with Crippen molar-refractivity contribution in [2.24, 2.45) is 5.73 Å². The summed E-state index contributed by atoms with van der Waals surface area (Å²) >= 11 is 1.70. The molecular formula is C12H15N3S. The van der Waals surface area contributed by atoms with E-state index in [1.807, 2.05) is 24.4 Å². The van der Waals surface area contributed by atoms with Crippen LogP contribution in [0.3, 0.4) is 0 Å². The second kappa shape index (κ2) is 5.72. The molecule has 2 N–H and O–H groups in total. The minimum Gasteiger partial charge on any atom is -0.330 e. The van der Waals surface area contributed by atoms with Gasteiger partial charge in [-0.05, 0) is 31.5 Å². The first-order chi connectivity index (χ1) is 7.88. The van der Waals surface area contributed by atoms with Crippen LogP contribution in [0.15, 0.2) is 29.8 Å². The molecule has 0 saturated heterocycles. The number of pyridine rings is 1. The number of aromatic nitrogens is 2. The molecule has 2 aromatic rings. The molecule has 0 saturated carbocycles. The molecule has 16 heavy (non-hydrogen) atoms. The summed E-state index contributed by atoms with van der Waals surface area (Å²) in [6.07, 6.45) is 4.63. The normalized spacial score (nSPS) is 10.6. The predicted octanol–water partition coefficient (Wildman–Crippen LogP) is 2.02. The van der Waals surface area contributed by atoms with Crippen molar-refractivity contribution in [2.45, 2.75) is 19.3 Å². The Morgan fingerprint density at radius 2 is 2.19 bits per heavy atom. The molecule has 0 unspecified atom stereocenters. The van der Waals surface area contributed by atoms with Crippen LogP contribution in [0.25, 0.3) is 0 Å². The maximum Gasteiger partial charge on any atom is 0.0988 e. The lowest BCUT2D eigenvalue weighted by Gasteiger charge is -1.95. The van der Waals surface area contributed by atoms with Crippen molar-refractivity contribution < 1.29 is 0 Å². The molecule has 0 fully saturated rings. The molecule has 0 atom stereocenters. The Hall–Kier alpha value is -1.26. The average molecular weight is 233 g/mol. The fraction of sp³-hybridized carbons (Fsp3) is 0.333. The van der Waals surface area contributed by atoms with Gasteiger partial charge in [-0.25, -0.2) is 4.98 Å². The number of hydrogen-bond acceptors (Lipinski definition) is 4. The van der Waals surface area contributed by atoms with Crippen LogP contribution in [-0.4, -0.2) is 16.5 Å². The van der Waals surface area contributed by atoms with Crippen LogP contribution in [0.1, 0.15) is 22.8 Å². The molecule has 0 aliphatic rings. The predicted molar refractivity (Wildman–Crippen MR) is 66.5 cm³/mol. The van der Waals surface area contributed by atoms with Crippen LogP contribution in [-0.2, 0) is 12.8 Å². The van der Waals surface area contributed by atoms with E-state index in [1.165, 1.54) is 0 Å². The minimum absolute atomic E-state index is 0.729. The Morgan fingerprint density at radius 3 is 2.94 bits per heavy atom. The average Bonchev–Trinajstić information content (AvgIpc) is 2.75. The van der Waals surface area contributed by atoms with Crippen molar-refractivity contribution in [3.8, 4) is 0 Å². The second-order valence-corrected chi connectivity index (χ2v) is 4.57. The first kappa shape index (κ1) is 11.2. The smallest absolute Gasteiger partial charge is 0.0988 e. The van der Waals surface area contributed by atoms with Gasteiger partial charge in [-0.3, -0.25) is 4.98 Å². The molecule has 4 heteroatoms. The zero-order valence-corrected chi connectivity index (χ0v) is 9.91. The van der Waals surface area contributed by atoms with Crippen molar-refractivity contribution in [1.29, 1.82) is 0 Å². The lowest BCUT2D eigenvalue weighted by Crippen LogP contribution is -2.00. The van der Waals surface area contributed by atoms with Gasteiger partial charge in [0.15, 0.2) is 0 Å². The van der Waals surface area contributed by atoms with E-state index in [4.69, 9.17) is 5.73 Å². The molecule has 0 amide bonds. The highest BCUT2D eigenvalue weighted by Crippen LogP contribution is 2.14. The Morgan fingerprint density at radius 1 is 1.25 bits per heavy atom. The summed E-state index contributed by atoms with van der Waals surface area (Å²) in [7, 11) is 0. The van der Waals surface area contributed by atoms with Crippen LogP contribution in [0.4, 0.5) is 0 Å². The Balaban J connectivity index is 1.97. The second-order valence-electron chi connectivity index (χ2n) is 3.62. The van der Waals surface area contributed by atoms with Crippen LogP contribution in [0, 0.1) is 0 Å². The zero-order chi connectivity index (χ0) is 11.2. The van der Waals surface area contributed by atoms with Crippen molar-refractivity contribution in [2.75, 3.05) is 6.54 Å². The molecule has 0 aliphatic carbocycles.